The molecule has 2 heterocycles. The van der Waals surface area contributed by atoms with Crippen LogP contribution in [0.5, 0.6) is 0 Å². The van der Waals surface area contributed by atoms with Gasteiger partial charge < -0.3 is 14.9 Å². The Kier molecular flexibility index (Phi) is 5.70. The molecule has 1 fully saturated rings. The molecule has 0 aliphatic carbocycles. The van der Waals surface area contributed by atoms with Crippen molar-refractivity contribution in [3.63, 3.8) is 0 Å². The Hall–Kier alpha value is -1.47. The van der Waals surface area contributed by atoms with Gasteiger partial charge in [-0.25, -0.2) is 9.18 Å². The smallest absolute Gasteiger partial charge is 0.331 e. The molecule has 1 aromatic heterocycles. The minimum absolute atomic E-state index is 0. The second-order valence-electron chi connectivity index (χ2n) is 4.54. The largest absolute Gasteiger partial charge is 0.393 e. The normalized spacial score (nSPS) is 30.5. The van der Waals surface area contributed by atoms with Gasteiger partial charge in [-0.15, -0.1) is 24.0 Å². The predicted molar refractivity (Wildman–Crippen MR) is 80.9 cm³/mol. The zero-order chi connectivity index (χ0) is 15.8. The first kappa shape index (κ1) is 18.6. The summed E-state index contributed by atoms with van der Waals surface area (Å²) in [6.45, 7) is -0.952. The van der Waals surface area contributed by atoms with Crippen molar-refractivity contribution in [1.29, 1.82) is 5.41 Å². The first-order valence-electron chi connectivity index (χ1n) is 5.88. The lowest BCUT2D eigenvalue weighted by molar-refractivity contribution is -0.124. The van der Waals surface area contributed by atoms with Gasteiger partial charge in [0.25, 0.3) is 0 Å². The maximum absolute atomic E-state index is 14.2. The topological polar surface area (TPSA) is 149 Å². The molecule has 1 aliphatic rings. The van der Waals surface area contributed by atoms with Crippen molar-refractivity contribution in [1.82, 2.24) is 9.13 Å². The third kappa shape index (κ3) is 2.75. The van der Waals surface area contributed by atoms with Gasteiger partial charge in [0.1, 0.15) is 11.6 Å². The number of azide groups is 1. The number of ether oxygens (including phenoxy) is 1. The molecule has 0 bridgehead atoms. The van der Waals surface area contributed by atoms with Gasteiger partial charge in [0.2, 0.25) is 5.72 Å². The summed E-state index contributed by atoms with van der Waals surface area (Å²) in [5.74, 6) is 0. The van der Waals surface area contributed by atoms with E-state index in [0.717, 1.165) is 15.3 Å². The van der Waals surface area contributed by atoms with Crippen LogP contribution in [-0.4, -0.2) is 44.0 Å². The minimum atomic E-state index is -2.20. The number of aliphatic hydroxyl groups excluding tert-OH is 2. The molecular formula is C10H14FIN6O4. The Morgan fingerprint density at radius 1 is 1.68 bits per heavy atom. The molecule has 1 aromatic rings. The van der Waals surface area contributed by atoms with E-state index in [-0.39, 0.29) is 29.5 Å². The number of alkyl halides is 1. The molecule has 4 atom stereocenters. The minimum Gasteiger partial charge on any atom is -0.393 e. The van der Waals surface area contributed by atoms with E-state index in [1.807, 2.05) is 0 Å². The van der Waals surface area contributed by atoms with Crippen LogP contribution < -0.4 is 11.2 Å². The fourth-order valence-electron chi connectivity index (χ4n) is 2.08. The molecule has 12 heteroatoms. The van der Waals surface area contributed by atoms with Crippen LogP contribution in [0, 0.1) is 5.41 Å². The quantitative estimate of drug-likeness (QED) is 0.258. The molecule has 1 aliphatic heterocycles. The number of hydrogen-bond donors (Lipinski definition) is 3. The summed E-state index contributed by atoms with van der Waals surface area (Å²) in [6, 6.07) is 1.23. The van der Waals surface area contributed by atoms with E-state index in [1.54, 1.807) is 0 Å². The lowest BCUT2D eigenvalue weighted by atomic mass is 10.1. The van der Waals surface area contributed by atoms with Crippen LogP contribution in [0.1, 0.15) is 6.23 Å². The van der Waals surface area contributed by atoms with Crippen LogP contribution in [0.4, 0.5) is 4.39 Å². The summed E-state index contributed by atoms with van der Waals surface area (Å²) in [4.78, 5) is 14.4. The van der Waals surface area contributed by atoms with E-state index >= 15 is 0 Å². The van der Waals surface area contributed by atoms with Crippen molar-refractivity contribution < 1.29 is 19.3 Å². The van der Waals surface area contributed by atoms with Crippen molar-refractivity contribution in [3.05, 3.63) is 38.7 Å². The SMILES string of the molecule is Cn1c(=N)ccn([C@@H]2O[C@@](CO)(N=[N+]=[N-])[C@@H](O)[C@H]2F)c1=O.I. The van der Waals surface area contributed by atoms with Gasteiger partial charge in [0.05, 0.1) is 6.61 Å². The van der Waals surface area contributed by atoms with Crippen molar-refractivity contribution in [2.75, 3.05) is 6.61 Å². The van der Waals surface area contributed by atoms with E-state index in [0.29, 0.717) is 0 Å². The Labute approximate surface area is 139 Å². The highest BCUT2D eigenvalue weighted by atomic mass is 127. The van der Waals surface area contributed by atoms with Gasteiger partial charge in [-0.05, 0) is 11.6 Å². The highest BCUT2D eigenvalue weighted by Crippen LogP contribution is 2.39. The summed E-state index contributed by atoms with van der Waals surface area (Å²) in [6.07, 6.45) is -4.50. The molecule has 122 valence electrons. The molecule has 0 radical (unpaired) electrons. The number of rotatable bonds is 3. The molecule has 0 amide bonds. The number of hydrogen-bond acceptors (Lipinski definition) is 6. The van der Waals surface area contributed by atoms with Gasteiger partial charge in [-0.3, -0.25) is 14.5 Å². The van der Waals surface area contributed by atoms with Crippen LogP contribution >= 0.6 is 24.0 Å². The second-order valence-corrected chi connectivity index (χ2v) is 4.54. The van der Waals surface area contributed by atoms with Crippen molar-refractivity contribution in [2.24, 2.45) is 12.2 Å². The Morgan fingerprint density at radius 2 is 2.32 bits per heavy atom. The van der Waals surface area contributed by atoms with Crippen LogP contribution in [0.3, 0.4) is 0 Å². The zero-order valence-corrected chi connectivity index (χ0v) is 13.7. The molecule has 0 unspecified atom stereocenters. The second kappa shape index (κ2) is 6.75. The summed E-state index contributed by atoms with van der Waals surface area (Å²) >= 11 is 0. The van der Waals surface area contributed by atoms with Gasteiger partial charge in [0, 0.05) is 18.2 Å². The third-order valence-corrected chi connectivity index (χ3v) is 3.34. The van der Waals surface area contributed by atoms with Crippen molar-refractivity contribution in [3.8, 4) is 0 Å². The molecule has 2 rings (SSSR count). The van der Waals surface area contributed by atoms with E-state index in [4.69, 9.17) is 15.7 Å². The highest BCUT2D eigenvalue weighted by molar-refractivity contribution is 14.0. The maximum atomic E-state index is 14.2. The molecule has 10 nitrogen and oxygen atoms in total. The van der Waals surface area contributed by atoms with E-state index < -0.39 is 36.5 Å². The Bertz CT molecular complexity index is 716. The van der Waals surface area contributed by atoms with Crippen LogP contribution in [0.15, 0.2) is 22.2 Å². The Balaban J connectivity index is 0.00000242. The fourth-order valence-corrected chi connectivity index (χ4v) is 2.08. The lowest BCUT2D eigenvalue weighted by Crippen LogP contribution is -2.43. The molecular weight excluding hydrogens is 414 g/mol. The number of nitrogens with one attached hydrogen (secondary N) is 1. The van der Waals surface area contributed by atoms with E-state index in [1.165, 1.54) is 13.1 Å². The molecule has 1 saturated heterocycles. The van der Waals surface area contributed by atoms with Gasteiger partial charge in [0.15, 0.2) is 12.4 Å². The molecule has 3 N–H and O–H groups in total. The van der Waals surface area contributed by atoms with Gasteiger partial charge in [-0.2, -0.15) is 0 Å². The fraction of sp³-hybridized carbons (Fsp3) is 0.600. The summed E-state index contributed by atoms with van der Waals surface area (Å²) in [7, 11) is 1.31. The molecule has 0 spiro atoms. The standard InChI is InChI=1S/C10H13FN6O4.HI/c1-16-5(12)2-3-17(9(16)20)8-6(11)7(19)10(4-18,21-8)14-15-13;/h2-3,6-8,12,18-19H,4H2,1H3;1H/t6-,7+,8-,10-;/m1./s1. The van der Waals surface area contributed by atoms with Crippen LogP contribution in [0.25, 0.3) is 10.4 Å². The molecule has 0 saturated carbocycles. The van der Waals surface area contributed by atoms with E-state index in [2.05, 4.69) is 10.0 Å². The third-order valence-electron chi connectivity index (χ3n) is 3.34. The number of aliphatic hydroxyl groups is 2. The summed E-state index contributed by atoms with van der Waals surface area (Å²) < 4.78 is 21.1. The van der Waals surface area contributed by atoms with E-state index in [9.17, 15) is 19.4 Å². The van der Waals surface area contributed by atoms with Gasteiger partial charge >= 0.3 is 5.69 Å². The average Bonchev–Trinajstić information content (AvgIpc) is 2.71. The van der Waals surface area contributed by atoms with Crippen molar-refractivity contribution in [2.45, 2.75) is 24.2 Å². The monoisotopic (exact) mass is 428 g/mol. The zero-order valence-electron chi connectivity index (χ0n) is 11.3. The predicted octanol–water partition coefficient (Wildman–Crippen LogP) is -0.489. The number of halogens is 2. The van der Waals surface area contributed by atoms with Gasteiger partial charge in [-0.1, -0.05) is 5.11 Å². The van der Waals surface area contributed by atoms with Crippen molar-refractivity contribution >= 4 is 24.0 Å². The molecule has 22 heavy (non-hydrogen) atoms. The lowest BCUT2D eigenvalue weighted by Gasteiger charge is -2.23. The van der Waals surface area contributed by atoms with Crippen LogP contribution in [-0.2, 0) is 11.8 Å². The Morgan fingerprint density at radius 3 is 2.86 bits per heavy atom. The highest BCUT2D eigenvalue weighted by Gasteiger charge is 2.56. The molecule has 0 aromatic carbocycles. The first-order chi connectivity index (χ1) is 9.88. The maximum Gasteiger partial charge on any atom is 0.331 e. The average molecular weight is 428 g/mol. The summed E-state index contributed by atoms with van der Waals surface area (Å²) in [5.41, 5.74) is 5.40. The number of nitrogens with zero attached hydrogens (tertiary/aromatic N) is 5. The first-order valence-corrected chi connectivity index (χ1v) is 5.88. The number of aromatic nitrogens is 2. The van der Waals surface area contributed by atoms with Crippen LogP contribution in [0.2, 0.25) is 0 Å². The summed E-state index contributed by atoms with van der Waals surface area (Å²) in [5, 5.41) is 29.6.